The van der Waals surface area contributed by atoms with E-state index in [0.717, 1.165) is 78.8 Å². The second-order valence-corrected chi connectivity index (χ2v) is 15.0. The molecule has 56 heavy (non-hydrogen) atoms. The van der Waals surface area contributed by atoms with Gasteiger partial charge in [-0.1, -0.05) is 38.1 Å². The minimum atomic E-state index is -0.622. The van der Waals surface area contributed by atoms with Crippen molar-refractivity contribution in [3.05, 3.63) is 76.5 Å². The normalized spacial score (nSPS) is 18.3. The summed E-state index contributed by atoms with van der Waals surface area (Å²) in [5.74, 6) is -0.106. The quantitative estimate of drug-likeness (QED) is 0.0878. The second-order valence-electron chi connectivity index (χ2n) is 15.0. The number of anilines is 2. The number of unbranched alkanes of at least 4 members (excludes halogenated alkanes) is 1. The van der Waals surface area contributed by atoms with Crippen LogP contribution in [0.4, 0.5) is 11.6 Å². The van der Waals surface area contributed by atoms with Crippen molar-refractivity contribution in [3.63, 3.8) is 0 Å². The van der Waals surface area contributed by atoms with Crippen molar-refractivity contribution in [3.8, 4) is 6.01 Å². The number of amides is 4. The number of nitrogens with one attached hydrogen (secondary N) is 4. The molecule has 5 heterocycles. The maximum Gasteiger partial charge on any atom is 0.322 e. The van der Waals surface area contributed by atoms with E-state index in [9.17, 15) is 19.2 Å². The molecule has 7 rings (SSSR count). The van der Waals surface area contributed by atoms with Crippen LogP contribution in [0, 0.1) is 0 Å². The Hall–Kier alpha value is -5.41. The third-order valence-corrected chi connectivity index (χ3v) is 10.6. The number of imide groups is 1. The zero-order chi connectivity index (χ0) is 39.0. The molecule has 3 aliphatic rings. The zero-order valence-electron chi connectivity index (χ0n) is 32.1. The molecule has 4 aromatic rings. The summed E-state index contributed by atoms with van der Waals surface area (Å²) in [4.78, 5) is 60.7. The number of carbonyl (C=O) groups is 4. The Balaban J connectivity index is 0.806. The predicted octanol–water partition coefficient (Wildman–Crippen LogP) is 4.51. The molecule has 0 aliphatic carbocycles. The van der Waals surface area contributed by atoms with Gasteiger partial charge in [-0.25, -0.2) is 0 Å². The van der Waals surface area contributed by atoms with Crippen LogP contribution in [0.5, 0.6) is 6.01 Å². The fourth-order valence-corrected chi connectivity index (χ4v) is 7.47. The number of hydrogen-bond acceptors (Lipinski definition) is 11. The topological polar surface area (TPSA) is 181 Å². The van der Waals surface area contributed by atoms with E-state index in [1.807, 2.05) is 42.6 Å². The number of benzene rings is 2. The summed E-state index contributed by atoms with van der Waals surface area (Å²) < 4.78 is 13.8. The minimum absolute atomic E-state index is 0.0262. The van der Waals surface area contributed by atoms with Crippen LogP contribution in [-0.4, -0.2) is 86.6 Å². The van der Waals surface area contributed by atoms with Gasteiger partial charge in [-0.2, -0.15) is 19.6 Å². The number of ether oxygens (including phenoxy) is 2. The molecule has 2 aromatic carbocycles. The highest BCUT2D eigenvalue weighted by Gasteiger charge is 2.39. The Morgan fingerprint density at radius 1 is 1.02 bits per heavy atom. The Kier molecular flexibility index (Phi) is 12.5. The average Bonchev–Trinajstić information content (AvgIpc) is 3.77. The van der Waals surface area contributed by atoms with E-state index in [1.165, 1.54) is 0 Å². The van der Waals surface area contributed by atoms with Crippen molar-refractivity contribution in [2.24, 2.45) is 0 Å². The number of carbonyl (C=O) groups excluding carboxylic acids is 4. The van der Waals surface area contributed by atoms with E-state index >= 15 is 0 Å². The Morgan fingerprint density at radius 3 is 2.64 bits per heavy atom. The summed E-state index contributed by atoms with van der Waals surface area (Å²) in [6, 6.07) is 13.2. The first-order valence-corrected chi connectivity index (χ1v) is 19.8. The predicted molar refractivity (Wildman–Crippen MR) is 209 cm³/mol. The van der Waals surface area contributed by atoms with Gasteiger partial charge in [-0.05, 0) is 92.3 Å². The molecule has 15 heteroatoms. The number of nitrogens with zero attached hydrogens (tertiary/aromatic N) is 5. The van der Waals surface area contributed by atoms with Crippen molar-refractivity contribution in [1.29, 1.82) is 0 Å². The Bertz CT molecular complexity index is 2040. The summed E-state index contributed by atoms with van der Waals surface area (Å²) in [7, 11) is 0. The van der Waals surface area contributed by atoms with E-state index in [-0.39, 0.29) is 36.2 Å². The van der Waals surface area contributed by atoms with Gasteiger partial charge in [0, 0.05) is 62.5 Å². The molecule has 296 valence electrons. The Morgan fingerprint density at radius 2 is 1.86 bits per heavy atom. The van der Waals surface area contributed by atoms with Gasteiger partial charge in [0.1, 0.15) is 12.1 Å². The van der Waals surface area contributed by atoms with Gasteiger partial charge in [-0.3, -0.25) is 24.5 Å². The van der Waals surface area contributed by atoms with E-state index < -0.39 is 11.9 Å². The fourth-order valence-electron chi connectivity index (χ4n) is 7.47. The monoisotopic (exact) mass is 765 g/mol. The molecule has 2 atom stereocenters. The minimum Gasteiger partial charge on any atom is -0.459 e. The van der Waals surface area contributed by atoms with Crippen molar-refractivity contribution in [1.82, 2.24) is 35.1 Å². The molecule has 0 saturated carbocycles. The zero-order valence-corrected chi connectivity index (χ0v) is 32.1. The van der Waals surface area contributed by atoms with Gasteiger partial charge in [0.2, 0.25) is 23.7 Å². The first kappa shape index (κ1) is 38.8. The molecule has 0 spiro atoms. The van der Waals surface area contributed by atoms with E-state index in [2.05, 4.69) is 45.2 Å². The van der Waals surface area contributed by atoms with Crippen LogP contribution in [0.2, 0.25) is 0 Å². The van der Waals surface area contributed by atoms with Crippen LogP contribution in [0.1, 0.15) is 104 Å². The standard InChI is InChI=1S/C41H51N9O6/c1-26(2)32-24-44-50-37(32)47-41(56-30-10-6-19-42-23-30)48-40(50)43-22-27-13-15-29(16-14-27)45-35(51)12-3-4-20-55-21-7-9-28-8-5-11-31-33(28)25-49(39(31)54)34-17-18-36(52)46-38(34)53/h5,8,11,13-16,24,26,30,34,42H,3-4,6-7,9-10,12,17-23,25H2,1-2H3,(H,45,51)(H,43,47,48)(H,46,52,53)/t30-,34?/m1/s1. The molecule has 15 nitrogen and oxygen atoms in total. The van der Waals surface area contributed by atoms with Crippen LogP contribution >= 0.6 is 0 Å². The Labute approximate surface area is 326 Å². The summed E-state index contributed by atoms with van der Waals surface area (Å²) in [6.07, 6.45) is 7.86. The van der Waals surface area contributed by atoms with E-state index in [4.69, 9.17) is 14.5 Å². The van der Waals surface area contributed by atoms with Crippen LogP contribution in [-0.2, 0) is 38.6 Å². The summed E-state index contributed by atoms with van der Waals surface area (Å²) in [5.41, 5.74) is 6.16. The van der Waals surface area contributed by atoms with Crippen molar-refractivity contribution < 1.29 is 28.7 Å². The fraction of sp³-hybridized carbons (Fsp3) is 0.488. The van der Waals surface area contributed by atoms with Gasteiger partial charge >= 0.3 is 6.01 Å². The molecule has 2 fully saturated rings. The smallest absolute Gasteiger partial charge is 0.322 e. The van der Waals surface area contributed by atoms with Crippen LogP contribution in [0.25, 0.3) is 5.65 Å². The third-order valence-electron chi connectivity index (χ3n) is 10.6. The first-order valence-electron chi connectivity index (χ1n) is 19.8. The number of piperidine rings is 2. The highest BCUT2D eigenvalue weighted by atomic mass is 16.5. The van der Waals surface area contributed by atoms with Crippen molar-refractivity contribution >= 4 is 40.9 Å². The third kappa shape index (κ3) is 9.33. The summed E-state index contributed by atoms with van der Waals surface area (Å²) in [6.45, 7) is 7.99. The number of hydrogen-bond donors (Lipinski definition) is 4. The van der Waals surface area contributed by atoms with Crippen LogP contribution < -0.4 is 26.0 Å². The maximum atomic E-state index is 13.1. The SMILES string of the molecule is CC(C)c1cnn2c(NCc3ccc(NC(=O)CCCCOCCCc4cccc5c4CN(C4CCC(=O)NC4=O)C5=O)cc3)nc(O[C@@H]3CCCNC3)nc12. The molecule has 4 amide bonds. The maximum absolute atomic E-state index is 13.1. The lowest BCUT2D eigenvalue weighted by Crippen LogP contribution is -2.52. The molecule has 3 aliphatic heterocycles. The average molecular weight is 766 g/mol. The lowest BCUT2D eigenvalue weighted by Gasteiger charge is -2.29. The summed E-state index contributed by atoms with van der Waals surface area (Å²) in [5, 5.41) is 16.7. The second kappa shape index (κ2) is 18.0. The van der Waals surface area contributed by atoms with Gasteiger partial charge < -0.3 is 30.3 Å². The largest absolute Gasteiger partial charge is 0.459 e. The molecule has 1 unspecified atom stereocenters. The van der Waals surface area contributed by atoms with E-state index in [1.54, 1.807) is 15.5 Å². The number of aryl methyl sites for hydroxylation is 1. The number of rotatable bonds is 17. The van der Waals surface area contributed by atoms with Crippen LogP contribution in [0.3, 0.4) is 0 Å². The highest BCUT2D eigenvalue weighted by molar-refractivity contribution is 6.05. The van der Waals surface area contributed by atoms with Gasteiger partial charge in [0.25, 0.3) is 5.91 Å². The lowest BCUT2D eigenvalue weighted by atomic mass is 10.00. The van der Waals surface area contributed by atoms with Crippen molar-refractivity contribution in [2.45, 2.75) is 103 Å². The molecular formula is C41H51N9O6. The number of fused-ring (bicyclic) bond motifs is 2. The molecule has 4 N–H and O–H groups in total. The summed E-state index contributed by atoms with van der Waals surface area (Å²) >= 11 is 0. The molecule has 2 aromatic heterocycles. The van der Waals surface area contributed by atoms with Gasteiger partial charge in [0.15, 0.2) is 5.65 Å². The molecule has 0 bridgehead atoms. The van der Waals surface area contributed by atoms with Gasteiger partial charge in [-0.15, -0.1) is 0 Å². The molecule has 2 saturated heterocycles. The highest BCUT2D eigenvalue weighted by Crippen LogP contribution is 2.30. The molecule has 0 radical (unpaired) electrons. The number of aromatic nitrogens is 4. The first-order chi connectivity index (χ1) is 27.2. The van der Waals surface area contributed by atoms with Crippen LogP contribution in [0.15, 0.2) is 48.7 Å². The van der Waals surface area contributed by atoms with E-state index in [0.29, 0.717) is 63.1 Å². The van der Waals surface area contributed by atoms with Gasteiger partial charge in [0.05, 0.1) is 6.20 Å². The lowest BCUT2D eigenvalue weighted by molar-refractivity contribution is -0.137. The van der Waals surface area contributed by atoms with Crippen molar-refractivity contribution in [2.75, 3.05) is 36.9 Å². The molecular weight excluding hydrogens is 715 g/mol.